The molecule has 0 heterocycles. The number of carbonyl (C=O) groups excluding carboxylic acids is 2. The Kier molecular flexibility index (Phi) is 5.59. The zero-order valence-electron chi connectivity index (χ0n) is 11.5. The van der Waals surface area contributed by atoms with E-state index in [0.717, 1.165) is 12.5 Å². The average molecular weight is 295 g/mol. The van der Waals surface area contributed by atoms with Crippen LogP contribution < -0.4 is 5.32 Å². The van der Waals surface area contributed by atoms with Crippen LogP contribution in [0.25, 0.3) is 0 Å². The molecule has 0 unspecified atom stereocenters. The van der Waals surface area contributed by atoms with E-state index in [2.05, 4.69) is 6.58 Å². The van der Waals surface area contributed by atoms with E-state index in [-0.39, 0.29) is 12.2 Å². The fourth-order valence-electron chi connectivity index (χ4n) is 1.72. The summed E-state index contributed by atoms with van der Waals surface area (Å²) in [6.45, 7) is 4.72. The van der Waals surface area contributed by atoms with Crippen LogP contribution in [0, 0.1) is 0 Å². The minimum Gasteiger partial charge on any atom is -0.504 e. The molecule has 1 rings (SSSR count). The van der Waals surface area contributed by atoms with Crippen LogP contribution in [-0.2, 0) is 22.6 Å². The lowest BCUT2D eigenvalue weighted by Crippen LogP contribution is -2.29. The molecule has 4 N–H and O–H groups in total. The van der Waals surface area contributed by atoms with Crippen molar-refractivity contribution in [2.24, 2.45) is 0 Å². The van der Waals surface area contributed by atoms with Crippen molar-refractivity contribution in [2.75, 3.05) is 0 Å². The first kappa shape index (κ1) is 16.4. The first-order chi connectivity index (χ1) is 9.90. The summed E-state index contributed by atoms with van der Waals surface area (Å²) in [6.07, 6.45) is 1.13. The van der Waals surface area contributed by atoms with Gasteiger partial charge in [-0.05, 0) is 24.1 Å². The third-order valence-corrected chi connectivity index (χ3v) is 2.73. The summed E-state index contributed by atoms with van der Waals surface area (Å²) in [6, 6.07) is 1.30. The quantitative estimate of drug-likeness (QED) is 0.485. The second-order valence-corrected chi connectivity index (χ2v) is 4.25. The number of phenols is 3. The predicted octanol–water partition coefficient (Wildman–Crippen LogP) is 1.69. The van der Waals surface area contributed by atoms with Crippen LogP contribution in [0.3, 0.4) is 0 Å². The molecule has 0 bridgehead atoms. The van der Waals surface area contributed by atoms with Crippen LogP contribution in [0.2, 0.25) is 0 Å². The normalized spacial score (nSPS) is 9.95. The number of hydrogen-bond donors (Lipinski definition) is 4. The number of hydrogen-bond acceptors (Lipinski definition) is 6. The Labute approximate surface area is 121 Å². The summed E-state index contributed by atoms with van der Waals surface area (Å²) in [5.74, 6) is -2.41. The maximum absolute atomic E-state index is 11.3. The molecule has 114 valence electrons. The molecule has 0 aliphatic heterocycles. The second-order valence-electron chi connectivity index (χ2n) is 4.25. The van der Waals surface area contributed by atoms with Crippen molar-refractivity contribution >= 4 is 12.0 Å². The van der Waals surface area contributed by atoms with E-state index in [1.807, 2.05) is 12.2 Å². The van der Waals surface area contributed by atoms with Crippen molar-refractivity contribution in [2.45, 2.75) is 26.4 Å². The molecule has 0 saturated heterocycles. The molecule has 7 heteroatoms. The Morgan fingerprint density at radius 2 is 2.00 bits per heavy atom. The number of alkyl carbamates (subject to hydrolysis) is 1. The highest BCUT2D eigenvalue weighted by Crippen LogP contribution is 2.40. The van der Waals surface area contributed by atoms with Gasteiger partial charge in [0.25, 0.3) is 5.91 Å². The number of nitrogens with one attached hydrogen (secondary N) is 1. The van der Waals surface area contributed by atoms with Gasteiger partial charge in [0.15, 0.2) is 11.5 Å². The van der Waals surface area contributed by atoms with E-state index in [1.54, 1.807) is 0 Å². The minimum atomic E-state index is -1.01. The van der Waals surface area contributed by atoms with Gasteiger partial charge in [-0.3, -0.25) is 10.1 Å². The van der Waals surface area contributed by atoms with Crippen LogP contribution >= 0.6 is 0 Å². The third kappa shape index (κ3) is 4.13. The van der Waals surface area contributed by atoms with E-state index >= 15 is 0 Å². The molecule has 0 aromatic heterocycles. The lowest BCUT2D eigenvalue weighted by atomic mass is 10.0. The molecular weight excluding hydrogens is 278 g/mol. The van der Waals surface area contributed by atoms with Crippen molar-refractivity contribution < 1.29 is 29.6 Å². The Morgan fingerprint density at radius 1 is 1.33 bits per heavy atom. The molecule has 0 aliphatic carbocycles. The van der Waals surface area contributed by atoms with Crippen LogP contribution in [0.5, 0.6) is 17.2 Å². The Hall–Kier alpha value is -2.70. The van der Waals surface area contributed by atoms with E-state index in [4.69, 9.17) is 4.74 Å². The summed E-state index contributed by atoms with van der Waals surface area (Å²) in [5, 5.41) is 30.7. The van der Waals surface area contributed by atoms with E-state index in [9.17, 15) is 24.9 Å². The van der Waals surface area contributed by atoms with Gasteiger partial charge < -0.3 is 20.1 Å². The minimum absolute atomic E-state index is 0.174. The highest BCUT2D eigenvalue weighted by molar-refractivity contribution is 5.98. The van der Waals surface area contributed by atoms with Crippen molar-refractivity contribution in [3.63, 3.8) is 0 Å². The van der Waals surface area contributed by atoms with Gasteiger partial charge in [-0.25, -0.2) is 4.79 Å². The van der Waals surface area contributed by atoms with Crippen LogP contribution in [-0.4, -0.2) is 27.3 Å². The van der Waals surface area contributed by atoms with E-state index < -0.39 is 29.2 Å². The highest BCUT2D eigenvalue weighted by atomic mass is 16.5. The number of imide groups is 1. The van der Waals surface area contributed by atoms with Gasteiger partial charge in [-0.2, -0.15) is 0 Å². The number of aryl methyl sites for hydroxylation is 1. The number of amides is 2. The van der Waals surface area contributed by atoms with Gasteiger partial charge in [-0.1, -0.05) is 19.9 Å². The standard InChI is InChI=1S/C14H17NO6/c1-3-5-8-6-10(16)13(19)12(18)9(8)7-21-14(20)15-11(17)4-2/h4,6,16,18-19H,2-3,5,7H2,1H3,(H,15,17,20). The first-order valence-corrected chi connectivity index (χ1v) is 6.26. The average Bonchev–Trinajstić information content (AvgIpc) is 2.44. The topological polar surface area (TPSA) is 116 Å². The summed E-state index contributed by atoms with van der Waals surface area (Å²) in [7, 11) is 0. The van der Waals surface area contributed by atoms with Gasteiger partial charge in [0.2, 0.25) is 5.75 Å². The zero-order valence-corrected chi connectivity index (χ0v) is 11.5. The van der Waals surface area contributed by atoms with Gasteiger partial charge >= 0.3 is 6.09 Å². The first-order valence-electron chi connectivity index (χ1n) is 6.26. The van der Waals surface area contributed by atoms with Crippen molar-refractivity contribution in [1.82, 2.24) is 5.32 Å². The maximum Gasteiger partial charge on any atom is 0.414 e. The van der Waals surface area contributed by atoms with Gasteiger partial charge in [-0.15, -0.1) is 0 Å². The second kappa shape index (κ2) is 7.18. The Bertz CT molecular complexity index is 567. The fraction of sp³-hybridized carbons (Fsp3) is 0.286. The zero-order chi connectivity index (χ0) is 16.0. The molecule has 1 aromatic carbocycles. The molecule has 0 aliphatic rings. The van der Waals surface area contributed by atoms with Crippen molar-refractivity contribution in [3.05, 3.63) is 29.8 Å². The summed E-state index contributed by atoms with van der Waals surface area (Å²) in [5.41, 5.74) is 0.710. The Morgan fingerprint density at radius 3 is 2.57 bits per heavy atom. The summed E-state index contributed by atoms with van der Waals surface area (Å²) < 4.78 is 4.79. The number of aromatic hydroxyl groups is 3. The smallest absolute Gasteiger partial charge is 0.414 e. The third-order valence-electron chi connectivity index (χ3n) is 2.73. The predicted molar refractivity (Wildman–Crippen MR) is 74.0 cm³/mol. The molecule has 2 amide bonds. The largest absolute Gasteiger partial charge is 0.504 e. The molecule has 0 radical (unpaired) electrons. The van der Waals surface area contributed by atoms with Crippen LogP contribution in [0.1, 0.15) is 24.5 Å². The van der Waals surface area contributed by atoms with Crippen molar-refractivity contribution in [1.29, 1.82) is 0 Å². The van der Waals surface area contributed by atoms with Crippen molar-refractivity contribution in [3.8, 4) is 17.2 Å². The lowest BCUT2D eigenvalue weighted by Gasteiger charge is -2.13. The number of ether oxygens (including phenoxy) is 1. The maximum atomic E-state index is 11.3. The molecule has 0 fully saturated rings. The molecule has 0 atom stereocenters. The number of rotatable bonds is 5. The number of phenolic OH excluding ortho intramolecular Hbond substituents is 3. The summed E-state index contributed by atoms with van der Waals surface area (Å²) in [4.78, 5) is 22.2. The van der Waals surface area contributed by atoms with E-state index in [0.29, 0.717) is 12.0 Å². The molecule has 1 aromatic rings. The molecule has 21 heavy (non-hydrogen) atoms. The van der Waals surface area contributed by atoms with Gasteiger partial charge in [0.1, 0.15) is 6.61 Å². The monoisotopic (exact) mass is 295 g/mol. The van der Waals surface area contributed by atoms with E-state index in [1.165, 1.54) is 6.07 Å². The molecule has 0 spiro atoms. The highest BCUT2D eigenvalue weighted by Gasteiger charge is 2.18. The van der Waals surface area contributed by atoms with Crippen LogP contribution in [0.4, 0.5) is 4.79 Å². The molecular formula is C14H17NO6. The fourth-order valence-corrected chi connectivity index (χ4v) is 1.72. The number of carbonyl (C=O) groups is 2. The molecule has 0 saturated carbocycles. The SMILES string of the molecule is C=CC(=O)NC(=O)OCc1c(CCC)cc(O)c(O)c1O. The van der Waals surface area contributed by atoms with Gasteiger partial charge in [0, 0.05) is 5.56 Å². The van der Waals surface area contributed by atoms with Crippen LogP contribution in [0.15, 0.2) is 18.7 Å². The lowest BCUT2D eigenvalue weighted by molar-refractivity contribution is -0.115. The summed E-state index contributed by atoms with van der Waals surface area (Å²) >= 11 is 0. The molecule has 7 nitrogen and oxygen atoms in total. The van der Waals surface area contributed by atoms with Gasteiger partial charge in [0.05, 0.1) is 0 Å². The Balaban J connectivity index is 2.91. The number of benzene rings is 1.